The second-order valence-electron chi connectivity index (χ2n) is 14.3. The van der Waals surface area contributed by atoms with Crippen LogP contribution in [0.1, 0.15) is 219 Å². The van der Waals surface area contributed by atoms with Crippen LogP contribution in [0, 0.1) is 0 Å². The van der Waals surface area contributed by atoms with Crippen LogP contribution >= 0.6 is 0 Å². The van der Waals surface area contributed by atoms with E-state index >= 15 is 0 Å². The molecule has 0 heterocycles. The number of carbonyl (C=O) groups excluding carboxylic acids is 6. The second kappa shape index (κ2) is 46.3. The van der Waals surface area contributed by atoms with E-state index in [1.807, 2.05) is 0 Å². The van der Waals surface area contributed by atoms with Gasteiger partial charge in [0.1, 0.15) is 0 Å². The summed E-state index contributed by atoms with van der Waals surface area (Å²) in [6.07, 6.45) is 40.2. The molecular weight excluding hydrogens is 729 g/mol. The molecule has 0 aliphatic rings. The number of aliphatic carboxylic acids is 2. The fraction of sp³-hybridized carbons (Fsp3) is 0.773. The van der Waals surface area contributed by atoms with Crippen molar-refractivity contribution >= 4 is 73.6 Å². The van der Waals surface area contributed by atoms with Crippen molar-refractivity contribution in [3.8, 4) is 0 Å². The van der Waals surface area contributed by atoms with Crippen LogP contribution in [0.25, 0.3) is 0 Å². The third-order valence-corrected chi connectivity index (χ3v) is 9.11. The largest absolute Gasteiger partial charge is 2.00 e. The average molecular weight is 803 g/mol. The molecule has 55 heavy (non-hydrogen) atoms. The van der Waals surface area contributed by atoms with Gasteiger partial charge in [0.15, 0.2) is 0 Å². The summed E-state index contributed by atoms with van der Waals surface area (Å²) in [5.74, 6) is -6.16. The predicted molar refractivity (Wildman–Crippen MR) is 215 cm³/mol. The quantitative estimate of drug-likeness (QED) is 0.0196. The summed E-state index contributed by atoms with van der Waals surface area (Å²) < 4.78 is 8.93. The summed E-state index contributed by atoms with van der Waals surface area (Å²) in [6, 6.07) is 0. The van der Waals surface area contributed by atoms with Crippen LogP contribution in [-0.2, 0) is 38.2 Å². The minimum atomic E-state index is -1.50. The Morgan fingerprint density at radius 2 is 0.545 bits per heavy atom. The van der Waals surface area contributed by atoms with Gasteiger partial charge in [0.25, 0.3) is 0 Å². The van der Waals surface area contributed by atoms with Crippen LogP contribution in [0.15, 0.2) is 24.3 Å². The molecule has 0 N–H and O–H groups in total. The monoisotopic (exact) mass is 802 g/mol. The summed E-state index contributed by atoms with van der Waals surface area (Å²) in [4.78, 5) is 65.2. The van der Waals surface area contributed by atoms with Gasteiger partial charge < -0.3 is 29.3 Å². The number of hydrogen-bond donors (Lipinski definition) is 0. The Bertz CT molecular complexity index is 944. The first-order valence-corrected chi connectivity index (χ1v) is 21.4. The Balaban J connectivity index is -0.000000966. The number of unbranched alkanes of at least 4 members (excludes halogenated alkanes) is 28. The summed E-state index contributed by atoms with van der Waals surface area (Å²) in [6.45, 7) is 4.50. The van der Waals surface area contributed by atoms with Gasteiger partial charge in [0, 0.05) is 25.0 Å². The van der Waals surface area contributed by atoms with Crippen molar-refractivity contribution in [2.45, 2.75) is 219 Å². The Morgan fingerprint density at radius 3 is 0.745 bits per heavy atom. The summed E-state index contributed by atoms with van der Waals surface area (Å²) in [5.41, 5.74) is 0. The van der Waals surface area contributed by atoms with Crippen LogP contribution in [0.5, 0.6) is 0 Å². The van der Waals surface area contributed by atoms with Crippen LogP contribution in [0.2, 0.25) is 0 Å². The minimum absolute atomic E-state index is 0. The minimum Gasteiger partial charge on any atom is -0.545 e. The molecule has 0 rings (SSSR count). The fourth-order valence-electron chi connectivity index (χ4n) is 5.95. The van der Waals surface area contributed by atoms with E-state index in [4.69, 9.17) is 0 Å². The molecule has 11 heteroatoms. The Labute approximate surface area is 363 Å². The SMILES string of the molecule is CCCCCCCCCCCCCCCCCC(=O)OC(=O)/C=C/C(=O)[O-].CCCCCCCCCCCCCCCCCC(=O)OC(=O)/C=C/C(=O)[O-].[Ca+2]. The van der Waals surface area contributed by atoms with Crippen LogP contribution in [-0.4, -0.2) is 73.6 Å². The molecule has 0 aromatic heterocycles. The number of carbonyl (C=O) groups is 6. The molecule has 0 fully saturated rings. The molecule has 0 aromatic rings. The van der Waals surface area contributed by atoms with E-state index in [0.717, 1.165) is 25.7 Å². The molecule has 0 saturated carbocycles. The molecule has 0 bridgehead atoms. The van der Waals surface area contributed by atoms with E-state index in [0.29, 0.717) is 37.1 Å². The first-order valence-electron chi connectivity index (χ1n) is 21.4. The molecular formula is C44H74CaO10. The van der Waals surface area contributed by atoms with Crippen molar-refractivity contribution in [1.82, 2.24) is 0 Å². The molecule has 10 nitrogen and oxygen atoms in total. The smallest absolute Gasteiger partial charge is 0.545 e. The van der Waals surface area contributed by atoms with Gasteiger partial charge in [-0.05, 0) is 25.0 Å². The average Bonchev–Trinajstić information content (AvgIpc) is 3.13. The van der Waals surface area contributed by atoms with Gasteiger partial charge in [-0.1, -0.05) is 194 Å². The number of ether oxygens (including phenoxy) is 2. The van der Waals surface area contributed by atoms with Crippen molar-refractivity contribution < 1.29 is 48.5 Å². The van der Waals surface area contributed by atoms with Gasteiger partial charge >= 0.3 is 61.6 Å². The normalized spacial score (nSPS) is 10.8. The zero-order chi connectivity index (χ0) is 40.3. The van der Waals surface area contributed by atoms with Crippen molar-refractivity contribution in [3.05, 3.63) is 24.3 Å². The number of esters is 4. The van der Waals surface area contributed by atoms with Crippen molar-refractivity contribution in [1.29, 1.82) is 0 Å². The van der Waals surface area contributed by atoms with E-state index in [2.05, 4.69) is 23.3 Å². The maximum atomic E-state index is 11.4. The standard InChI is InChI=1S/2C22H38O5.Ca/c2*1-2-3-4-5-6-7-8-9-10-11-12-13-14-15-16-17-21(25)27-22(26)19-18-20(23)24;/h2*18-19H,2-17H2,1H3,(H,23,24);/q;;+2/p-2/b2*19-18+;. The van der Waals surface area contributed by atoms with Gasteiger partial charge in [-0.3, -0.25) is 9.59 Å². The van der Waals surface area contributed by atoms with Crippen LogP contribution in [0.3, 0.4) is 0 Å². The van der Waals surface area contributed by atoms with Gasteiger partial charge in [-0.2, -0.15) is 0 Å². The molecule has 0 amide bonds. The Kier molecular flexibility index (Phi) is 48.3. The first kappa shape index (κ1) is 57.3. The van der Waals surface area contributed by atoms with E-state index < -0.39 is 35.8 Å². The maximum absolute atomic E-state index is 11.4. The molecule has 0 aliphatic heterocycles. The van der Waals surface area contributed by atoms with Crippen molar-refractivity contribution in [2.75, 3.05) is 0 Å². The summed E-state index contributed by atoms with van der Waals surface area (Å²) >= 11 is 0. The van der Waals surface area contributed by atoms with Crippen LogP contribution < -0.4 is 10.2 Å². The fourth-order valence-corrected chi connectivity index (χ4v) is 5.95. The van der Waals surface area contributed by atoms with Gasteiger partial charge in [0.2, 0.25) is 0 Å². The molecule has 0 saturated heterocycles. The zero-order valence-corrected chi connectivity index (χ0v) is 36.9. The topological polar surface area (TPSA) is 167 Å². The molecule has 0 unspecified atom stereocenters. The third-order valence-electron chi connectivity index (χ3n) is 9.11. The maximum Gasteiger partial charge on any atom is 2.00 e. The van der Waals surface area contributed by atoms with Gasteiger partial charge in [-0.25, -0.2) is 9.59 Å². The van der Waals surface area contributed by atoms with E-state index in [1.165, 1.54) is 154 Å². The van der Waals surface area contributed by atoms with Crippen molar-refractivity contribution in [2.24, 2.45) is 0 Å². The molecule has 312 valence electrons. The Hall–Kier alpha value is -2.04. The number of carboxylic acid groups (broad SMARTS) is 2. The van der Waals surface area contributed by atoms with Crippen LogP contribution in [0.4, 0.5) is 0 Å². The summed E-state index contributed by atoms with van der Waals surface area (Å²) in [7, 11) is 0. The molecule has 0 aromatic carbocycles. The molecule has 0 radical (unpaired) electrons. The van der Waals surface area contributed by atoms with E-state index in [-0.39, 0.29) is 50.6 Å². The molecule has 0 aliphatic carbocycles. The van der Waals surface area contributed by atoms with Crippen molar-refractivity contribution in [3.63, 3.8) is 0 Å². The third kappa shape index (κ3) is 52.0. The molecule has 0 atom stereocenters. The van der Waals surface area contributed by atoms with E-state index in [9.17, 15) is 39.0 Å². The number of hydrogen-bond acceptors (Lipinski definition) is 10. The van der Waals surface area contributed by atoms with Gasteiger partial charge in [0.05, 0.1) is 11.9 Å². The number of carboxylic acids is 2. The zero-order valence-electron chi connectivity index (χ0n) is 34.7. The Morgan fingerprint density at radius 1 is 0.345 bits per heavy atom. The molecule has 0 spiro atoms. The first-order chi connectivity index (χ1) is 26.1. The van der Waals surface area contributed by atoms with E-state index in [1.54, 1.807) is 0 Å². The predicted octanol–water partition coefficient (Wildman–Crippen LogP) is 8.87. The van der Waals surface area contributed by atoms with Gasteiger partial charge in [-0.15, -0.1) is 0 Å². The number of rotatable bonds is 36. The summed E-state index contributed by atoms with van der Waals surface area (Å²) in [5, 5.41) is 20.3. The second-order valence-corrected chi connectivity index (χ2v) is 14.3.